The van der Waals surface area contributed by atoms with Gasteiger partial charge in [0.1, 0.15) is 11.5 Å². The molecule has 25 heavy (non-hydrogen) atoms. The molecule has 0 saturated carbocycles. The highest BCUT2D eigenvalue weighted by molar-refractivity contribution is 5.96. The Hall–Kier alpha value is -3.47. The first-order chi connectivity index (χ1) is 12.1. The van der Waals surface area contributed by atoms with E-state index in [9.17, 15) is 9.18 Å². The van der Waals surface area contributed by atoms with Crippen molar-refractivity contribution in [2.45, 2.75) is 0 Å². The molecule has 4 nitrogen and oxygen atoms in total. The zero-order chi connectivity index (χ0) is 17.4. The molecule has 0 aliphatic rings. The van der Waals surface area contributed by atoms with E-state index in [1.165, 1.54) is 12.1 Å². The molecular weight excluding hydrogens is 319 g/mol. The number of aromatic carboxylic acids is 1. The second kappa shape index (κ2) is 5.87. The summed E-state index contributed by atoms with van der Waals surface area (Å²) in [4.78, 5) is 18.5. The summed E-state index contributed by atoms with van der Waals surface area (Å²) >= 11 is 0. The first-order valence-corrected chi connectivity index (χ1v) is 7.68. The van der Waals surface area contributed by atoms with Gasteiger partial charge in [0.15, 0.2) is 0 Å². The van der Waals surface area contributed by atoms with E-state index in [0.717, 1.165) is 33.3 Å². The van der Waals surface area contributed by atoms with Gasteiger partial charge in [-0.3, -0.25) is 0 Å². The summed E-state index contributed by atoms with van der Waals surface area (Å²) in [6.07, 6.45) is 3.54. The number of aromatic nitrogens is 2. The van der Waals surface area contributed by atoms with Crippen molar-refractivity contribution in [1.82, 2.24) is 9.97 Å². The lowest BCUT2D eigenvalue weighted by Crippen LogP contribution is -1.94. The average Bonchev–Trinajstić information content (AvgIpc) is 3.05. The van der Waals surface area contributed by atoms with Crippen LogP contribution < -0.4 is 0 Å². The molecule has 0 spiro atoms. The number of hydrogen-bond donors (Lipinski definition) is 2. The lowest BCUT2D eigenvalue weighted by Gasteiger charge is -2.04. The predicted octanol–water partition coefficient (Wildman–Crippen LogP) is 4.73. The molecule has 2 heterocycles. The minimum absolute atomic E-state index is 0.238. The van der Waals surface area contributed by atoms with E-state index in [-0.39, 0.29) is 11.4 Å². The van der Waals surface area contributed by atoms with Crippen LogP contribution in [-0.2, 0) is 0 Å². The van der Waals surface area contributed by atoms with Gasteiger partial charge >= 0.3 is 5.97 Å². The Bertz CT molecular complexity index is 1080. The molecule has 2 aromatic carbocycles. The topological polar surface area (TPSA) is 66.0 Å². The van der Waals surface area contributed by atoms with Crippen LogP contribution in [0.3, 0.4) is 0 Å². The zero-order valence-corrected chi connectivity index (χ0v) is 13.0. The van der Waals surface area contributed by atoms with Crippen LogP contribution in [0, 0.1) is 5.82 Å². The second-order valence-electron chi connectivity index (χ2n) is 5.72. The molecule has 0 saturated heterocycles. The summed E-state index contributed by atoms with van der Waals surface area (Å²) in [5, 5.41) is 9.91. The number of aromatic amines is 1. The van der Waals surface area contributed by atoms with Crippen LogP contribution >= 0.6 is 0 Å². The molecule has 0 bridgehead atoms. The maximum atomic E-state index is 13.5. The predicted molar refractivity (Wildman–Crippen MR) is 93.9 cm³/mol. The largest absolute Gasteiger partial charge is 0.478 e. The highest BCUT2D eigenvalue weighted by Gasteiger charge is 2.10. The number of H-pyrrole nitrogens is 1. The quantitative estimate of drug-likeness (QED) is 0.570. The van der Waals surface area contributed by atoms with Gasteiger partial charge in [-0.2, -0.15) is 0 Å². The van der Waals surface area contributed by atoms with Crippen molar-refractivity contribution >= 4 is 17.0 Å². The van der Waals surface area contributed by atoms with Crippen molar-refractivity contribution in [3.8, 4) is 22.3 Å². The monoisotopic (exact) mass is 332 g/mol. The van der Waals surface area contributed by atoms with Crippen molar-refractivity contribution in [2.24, 2.45) is 0 Å². The molecule has 2 N–H and O–H groups in total. The van der Waals surface area contributed by atoms with Gasteiger partial charge in [0.25, 0.3) is 0 Å². The van der Waals surface area contributed by atoms with E-state index in [1.54, 1.807) is 36.5 Å². The third-order valence-electron chi connectivity index (χ3n) is 4.13. The number of rotatable bonds is 3. The SMILES string of the molecule is O=C(O)c1ccc(-c2c[nH]c3ncc(-c4cccc(F)c4)cc23)cc1. The van der Waals surface area contributed by atoms with Gasteiger partial charge in [0.05, 0.1) is 5.56 Å². The molecule has 4 aromatic rings. The summed E-state index contributed by atoms with van der Waals surface area (Å²) in [6.45, 7) is 0. The van der Waals surface area contributed by atoms with E-state index < -0.39 is 5.97 Å². The number of fused-ring (bicyclic) bond motifs is 1. The van der Waals surface area contributed by atoms with Crippen molar-refractivity contribution < 1.29 is 14.3 Å². The Morgan fingerprint density at radius 2 is 1.80 bits per heavy atom. The van der Waals surface area contributed by atoms with Gasteiger partial charge in [0, 0.05) is 28.9 Å². The lowest BCUT2D eigenvalue weighted by molar-refractivity contribution is 0.0697. The number of carboxylic acid groups (broad SMARTS) is 1. The fourth-order valence-corrected chi connectivity index (χ4v) is 2.86. The third-order valence-corrected chi connectivity index (χ3v) is 4.13. The lowest BCUT2D eigenvalue weighted by atomic mass is 10.0. The van der Waals surface area contributed by atoms with Crippen LogP contribution in [0.4, 0.5) is 4.39 Å². The molecule has 122 valence electrons. The number of halogens is 1. The molecule has 0 unspecified atom stereocenters. The summed E-state index contributed by atoms with van der Waals surface area (Å²) in [7, 11) is 0. The van der Waals surface area contributed by atoms with Crippen LogP contribution in [-0.4, -0.2) is 21.0 Å². The van der Waals surface area contributed by atoms with Gasteiger partial charge in [0.2, 0.25) is 0 Å². The van der Waals surface area contributed by atoms with Gasteiger partial charge in [-0.15, -0.1) is 0 Å². The van der Waals surface area contributed by atoms with E-state index in [2.05, 4.69) is 9.97 Å². The maximum absolute atomic E-state index is 13.5. The fraction of sp³-hybridized carbons (Fsp3) is 0. The first-order valence-electron chi connectivity index (χ1n) is 7.68. The molecular formula is C20H13FN2O2. The van der Waals surface area contributed by atoms with Gasteiger partial charge in [-0.1, -0.05) is 24.3 Å². The maximum Gasteiger partial charge on any atom is 0.335 e. The number of benzene rings is 2. The Balaban J connectivity index is 1.82. The van der Waals surface area contributed by atoms with E-state index in [0.29, 0.717) is 0 Å². The van der Waals surface area contributed by atoms with Crippen molar-refractivity contribution in [3.63, 3.8) is 0 Å². The van der Waals surface area contributed by atoms with Gasteiger partial charge < -0.3 is 10.1 Å². The minimum Gasteiger partial charge on any atom is -0.478 e. The fourth-order valence-electron chi connectivity index (χ4n) is 2.86. The normalized spacial score (nSPS) is 10.9. The Labute approximate surface area is 142 Å². The molecule has 0 atom stereocenters. The van der Waals surface area contributed by atoms with Crippen LogP contribution in [0.15, 0.2) is 67.0 Å². The highest BCUT2D eigenvalue weighted by Crippen LogP contribution is 2.31. The number of pyridine rings is 1. The molecule has 0 aliphatic heterocycles. The Morgan fingerprint density at radius 3 is 2.52 bits per heavy atom. The minimum atomic E-state index is -0.958. The van der Waals surface area contributed by atoms with E-state index in [1.807, 2.05) is 18.3 Å². The smallest absolute Gasteiger partial charge is 0.335 e. The number of carbonyl (C=O) groups is 1. The summed E-state index contributed by atoms with van der Waals surface area (Å²) in [5.74, 6) is -1.25. The van der Waals surface area contributed by atoms with Crippen LogP contribution in [0.2, 0.25) is 0 Å². The molecule has 4 rings (SSSR count). The number of hydrogen-bond acceptors (Lipinski definition) is 2. The second-order valence-corrected chi connectivity index (χ2v) is 5.72. The van der Waals surface area contributed by atoms with Crippen molar-refractivity contribution in [3.05, 3.63) is 78.4 Å². The summed E-state index contributed by atoms with van der Waals surface area (Å²) < 4.78 is 13.5. The molecule has 0 amide bonds. The van der Waals surface area contributed by atoms with Gasteiger partial charge in [-0.25, -0.2) is 14.2 Å². The molecule has 0 radical (unpaired) electrons. The number of nitrogens with zero attached hydrogens (tertiary/aromatic N) is 1. The van der Waals surface area contributed by atoms with Crippen molar-refractivity contribution in [2.75, 3.05) is 0 Å². The van der Waals surface area contributed by atoms with Crippen LogP contribution in [0.5, 0.6) is 0 Å². The zero-order valence-electron chi connectivity index (χ0n) is 13.0. The number of nitrogens with one attached hydrogen (secondary N) is 1. The number of carboxylic acids is 1. The highest BCUT2D eigenvalue weighted by atomic mass is 19.1. The van der Waals surface area contributed by atoms with Crippen LogP contribution in [0.1, 0.15) is 10.4 Å². The van der Waals surface area contributed by atoms with Gasteiger partial charge in [-0.05, 0) is 41.5 Å². The summed E-state index contributed by atoms with van der Waals surface area (Å²) in [6, 6.07) is 15.0. The summed E-state index contributed by atoms with van der Waals surface area (Å²) in [5.41, 5.74) is 4.32. The third kappa shape index (κ3) is 2.76. The molecule has 0 fully saturated rings. The van der Waals surface area contributed by atoms with E-state index in [4.69, 9.17) is 5.11 Å². The molecule has 0 aliphatic carbocycles. The molecule has 5 heteroatoms. The Morgan fingerprint density at radius 1 is 1.00 bits per heavy atom. The molecule has 2 aromatic heterocycles. The van der Waals surface area contributed by atoms with E-state index >= 15 is 0 Å². The Kier molecular flexibility index (Phi) is 3.54. The van der Waals surface area contributed by atoms with Crippen molar-refractivity contribution in [1.29, 1.82) is 0 Å². The standard InChI is InChI=1S/C20H13FN2O2/c21-16-3-1-2-14(8-16)15-9-17-18(11-23-19(17)22-10-15)12-4-6-13(7-5-12)20(24)25/h1-11H,(H,22,23)(H,24,25). The first kappa shape index (κ1) is 15.1. The van der Waals surface area contributed by atoms with Crippen LogP contribution in [0.25, 0.3) is 33.3 Å². The average molecular weight is 332 g/mol.